The Hall–Kier alpha value is -2.29. The van der Waals surface area contributed by atoms with E-state index in [9.17, 15) is 14.4 Å². The van der Waals surface area contributed by atoms with Crippen LogP contribution in [0.4, 0.5) is 5.69 Å². The fraction of sp³-hybridized carbons (Fsp3) is 0.286. The summed E-state index contributed by atoms with van der Waals surface area (Å²) in [5.41, 5.74) is 5.87. The molecule has 0 unspecified atom stereocenters. The molecule has 0 bridgehead atoms. The maximum atomic E-state index is 12.0. The summed E-state index contributed by atoms with van der Waals surface area (Å²) in [5, 5.41) is 3.34. The molecule has 2 aromatic carbocycles. The molecule has 3 amide bonds. The molecule has 0 aliphatic heterocycles. The molecule has 0 atom stereocenters. The second-order valence-corrected chi connectivity index (χ2v) is 8.65. The Kier molecular flexibility index (Phi) is 9.61. The normalized spacial score (nSPS) is 10.5. The minimum Gasteiger partial charge on any atom is -0.483 e. The lowest BCUT2D eigenvalue weighted by molar-refractivity contribution is -0.130. The first-order valence-corrected chi connectivity index (χ1v) is 11.0. The second kappa shape index (κ2) is 11.9. The number of carbonyl (C=O) groups excluding carboxylic acids is 3. The van der Waals surface area contributed by atoms with E-state index in [2.05, 4.69) is 32.1 Å². The smallest absolute Gasteiger partial charge is 0.276 e. The van der Waals surface area contributed by atoms with Gasteiger partial charge in [0.15, 0.2) is 6.61 Å². The van der Waals surface area contributed by atoms with Crippen molar-refractivity contribution in [1.82, 2.24) is 10.9 Å². The standard InChI is InChI=1S/C21H22BrCl2N3O4/c1-12(2)15-9-13(22)3-6-18(15)31-11-21(30)27-26-20(29)8-7-19(28)25-17-5-4-14(23)10-16(17)24/h3-6,9-10,12H,7-8,11H2,1-2H3,(H,25,28)(H,26,29)(H,27,30). The van der Waals surface area contributed by atoms with Crippen LogP contribution < -0.4 is 20.9 Å². The number of amides is 3. The molecule has 3 N–H and O–H groups in total. The van der Waals surface area contributed by atoms with Crippen molar-refractivity contribution in [1.29, 1.82) is 0 Å². The number of carbonyl (C=O) groups is 3. The molecular formula is C21H22BrCl2N3O4. The summed E-state index contributed by atoms with van der Waals surface area (Å²) in [5.74, 6) is -0.632. The quantitative estimate of drug-likeness (QED) is 0.426. The van der Waals surface area contributed by atoms with Crippen LogP contribution in [0.3, 0.4) is 0 Å². The number of hydrogen-bond acceptors (Lipinski definition) is 4. The van der Waals surface area contributed by atoms with Crippen LogP contribution in [0.1, 0.15) is 38.2 Å². The van der Waals surface area contributed by atoms with Crippen LogP contribution in [0.15, 0.2) is 40.9 Å². The van der Waals surface area contributed by atoms with Crippen LogP contribution in [-0.2, 0) is 14.4 Å². The van der Waals surface area contributed by atoms with Crippen molar-refractivity contribution in [3.8, 4) is 5.75 Å². The summed E-state index contributed by atoms with van der Waals surface area (Å²) < 4.78 is 6.48. The molecule has 0 spiro atoms. The van der Waals surface area contributed by atoms with Crippen LogP contribution >= 0.6 is 39.1 Å². The van der Waals surface area contributed by atoms with E-state index in [-0.39, 0.29) is 25.4 Å². The second-order valence-electron chi connectivity index (χ2n) is 6.89. The molecule has 10 heteroatoms. The van der Waals surface area contributed by atoms with Crippen molar-refractivity contribution in [3.05, 3.63) is 56.5 Å². The summed E-state index contributed by atoms with van der Waals surface area (Å²) in [6.07, 6.45) is -0.212. The van der Waals surface area contributed by atoms with Gasteiger partial charge in [-0.15, -0.1) is 0 Å². The molecular weight excluding hydrogens is 509 g/mol. The lowest BCUT2D eigenvalue weighted by Crippen LogP contribution is -2.44. The molecule has 0 aliphatic carbocycles. The number of benzene rings is 2. The molecule has 0 heterocycles. The minimum atomic E-state index is -0.525. The third-order valence-corrected chi connectivity index (χ3v) is 5.12. The number of hydrogen-bond donors (Lipinski definition) is 3. The monoisotopic (exact) mass is 529 g/mol. The SMILES string of the molecule is CC(C)c1cc(Br)ccc1OCC(=O)NNC(=O)CCC(=O)Nc1ccc(Cl)cc1Cl. The van der Waals surface area contributed by atoms with Crippen LogP contribution in [0.25, 0.3) is 0 Å². The Bertz CT molecular complexity index is 970. The van der Waals surface area contributed by atoms with Crippen LogP contribution in [-0.4, -0.2) is 24.3 Å². The molecule has 7 nitrogen and oxygen atoms in total. The van der Waals surface area contributed by atoms with Gasteiger partial charge in [0, 0.05) is 22.3 Å². The molecule has 0 saturated carbocycles. The lowest BCUT2D eigenvalue weighted by Gasteiger charge is -2.14. The molecule has 0 aromatic heterocycles. The van der Waals surface area contributed by atoms with E-state index in [1.165, 1.54) is 6.07 Å². The number of nitrogens with one attached hydrogen (secondary N) is 3. The average molecular weight is 531 g/mol. The van der Waals surface area contributed by atoms with Crippen molar-refractivity contribution < 1.29 is 19.1 Å². The molecule has 2 aromatic rings. The summed E-state index contributed by atoms with van der Waals surface area (Å²) in [6, 6.07) is 10.2. The fourth-order valence-electron chi connectivity index (χ4n) is 2.51. The Morgan fingerprint density at radius 2 is 1.65 bits per heavy atom. The van der Waals surface area contributed by atoms with E-state index in [4.69, 9.17) is 27.9 Å². The fourth-order valence-corrected chi connectivity index (χ4v) is 3.35. The first-order chi connectivity index (χ1) is 14.7. The number of rotatable bonds is 8. The van der Waals surface area contributed by atoms with Gasteiger partial charge in [0.1, 0.15) is 5.75 Å². The van der Waals surface area contributed by atoms with Gasteiger partial charge >= 0.3 is 0 Å². The number of halogens is 3. The van der Waals surface area contributed by atoms with Crippen molar-refractivity contribution in [2.24, 2.45) is 0 Å². The lowest BCUT2D eigenvalue weighted by atomic mass is 10.0. The highest BCUT2D eigenvalue weighted by atomic mass is 79.9. The van der Waals surface area contributed by atoms with E-state index in [1.54, 1.807) is 18.2 Å². The number of ether oxygens (including phenoxy) is 1. The molecule has 0 aliphatic rings. The van der Waals surface area contributed by atoms with Gasteiger partial charge in [0.05, 0.1) is 10.7 Å². The van der Waals surface area contributed by atoms with Gasteiger partial charge in [-0.3, -0.25) is 25.2 Å². The van der Waals surface area contributed by atoms with Crippen LogP contribution in [0.5, 0.6) is 5.75 Å². The van der Waals surface area contributed by atoms with Gasteiger partial charge in [0.25, 0.3) is 5.91 Å². The third-order valence-electron chi connectivity index (χ3n) is 4.08. The van der Waals surface area contributed by atoms with Gasteiger partial charge < -0.3 is 10.1 Å². The Labute approximate surface area is 198 Å². The third kappa shape index (κ3) is 8.40. The highest BCUT2D eigenvalue weighted by Gasteiger charge is 2.12. The molecule has 31 heavy (non-hydrogen) atoms. The van der Waals surface area contributed by atoms with Gasteiger partial charge in [-0.05, 0) is 47.9 Å². The molecule has 0 fully saturated rings. The number of anilines is 1. The topological polar surface area (TPSA) is 96.5 Å². The van der Waals surface area contributed by atoms with Gasteiger partial charge in [-0.2, -0.15) is 0 Å². The summed E-state index contributed by atoms with van der Waals surface area (Å²) in [6.45, 7) is 3.77. The highest BCUT2D eigenvalue weighted by molar-refractivity contribution is 9.10. The molecule has 0 radical (unpaired) electrons. The summed E-state index contributed by atoms with van der Waals surface area (Å²) >= 11 is 15.2. The van der Waals surface area contributed by atoms with E-state index in [0.29, 0.717) is 21.5 Å². The van der Waals surface area contributed by atoms with Crippen molar-refractivity contribution in [2.45, 2.75) is 32.6 Å². The Balaban J connectivity index is 1.72. The first-order valence-electron chi connectivity index (χ1n) is 9.40. The van der Waals surface area contributed by atoms with E-state index >= 15 is 0 Å². The van der Waals surface area contributed by atoms with Gasteiger partial charge in [0.2, 0.25) is 11.8 Å². The first kappa shape index (κ1) is 25.0. The zero-order valence-electron chi connectivity index (χ0n) is 16.9. The predicted octanol–water partition coefficient (Wildman–Crippen LogP) is 4.82. The van der Waals surface area contributed by atoms with Crippen LogP contribution in [0.2, 0.25) is 10.0 Å². The number of hydrazine groups is 1. The van der Waals surface area contributed by atoms with Crippen LogP contribution in [0, 0.1) is 0 Å². The Morgan fingerprint density at radius 3 is 2.32 bits per heavy atom. The average Bonchev–Trinajstić information content (AvgIpc) is 2.71. The zero-order valence-corrected chi connectivity index (χ0v) is 20.0. The predicted molar refractivity (Wildman–Crippen MR) is 124 cm³/mol. The summed E-state index contributed by atoms with van der Waals surface area (Å²) in [4.78, 5) is 35.8. The van der Waals surface area contributed by atoms with E-state index in [0.717, 1.165) is 10.0 Å². The minimum absolute atomic E-state index is 0.0895. The largest absolute Gasteiger partial charge is 0.483 e. The summed E-state index contributed by atoms with van der Waals surface area (Å²) in [7, 11) is 0. The molecule has 2 rings (SSSR count). The zero-order chi connectivity index (χ0) is 23.0. The van der Waals surface area contributed by atoms with Crippen molar-refractivity contribution in [3.63, 3.8) is 0 Å². The highest BCUT2D eigenvalue weighted by Crippen LogP contribution is 2.29. The maximum Gasteiger partial charge on any atom is 0.276 e. The maximum absolute atomic E-state index is 12.0. The van der Waals surface area contributed by atoms with Gasteiger partial charge in [-0.25, -0.2) is 0 Å². The van der Waals surface area contributed by atoms with E-state index < -0.39 is 17.7 Å². The van der Waals surface area contributed by atoms with Crippen molar-refractivity contribution in [2.75, 3.05) is 11.9 Å². The molecule has 166 valence electrons. The van der Waals surface area contributed by atoms with Gasteiger partial charge in [-0.1, -0.05) is 53.0 Å². The van der Waals surface area contributed by atoms with E-state index in [1.807, 2.05) is 26.0 Å². The van der Waals surface area contributed by atoms with Crippen molar-refractivity contribution >= 4 is 62.5 Å². The molecule has 0 saturated heterocycles. The Morgan fingerprint density at radius 1 is 0.968 bits per heavy atom.